The van der Waals surface area contributed by atoms with E-state index in [0.717, 1.165) is 32.7 Å². The van der Waals surface area contributed by atoms with Gasteiger partial charge in [-0.25, -0.2) is 0 Å². The molecule has 176 valence electrons. The van der Waals surface area contributed by atoms with Gasteiger partial charge in [0.15, 0.2) is 0 Å². The van der Waals surface area contributed by atoms with E-state index in [0.29, 0.717) is 34.1 Å². The lowest BCUT2D eigenvalue weighted by Gasteiger charge is -2.45. The van der Waals surface area contributed by atoms with Gasteiger partial charge in [0, 0.05) is 21.9 Å². The lowest BCUT2D eigenvalue weighted by Crippen LogP contribution is -2.37. The van der Waals surface area contributed by atoms with Crippen LogP contribution in [0.4, 0.5) is 0 Å². The van der Waals surface area contributed by atoms with Gasteiger partial charge < -0.3 is 19.7 Å². The molecule has 6 aromatic rings. The van der Waals surface area contributed by atoms with E-state index >= 15 is 0 Å². The molecule has 0 atom stereocenters. The van der Waals surface area contributed by atoms with Crippen molar-refractivity contribution in [3.05, 3.63) is 131 Å². The summed E-state index contributed by atoms with van der Waals surface area (Å²) in [5.74, 6) is 2.67. The predicted octanol–water partition coefficient (Wildman–Crippen LogP) is 8.00. The van der Waals surface area contributed by atoms with Gasteiger partial charge in [-0.05, 0) is 35.0 Å². The van der Waals surface area contributed by atoms with Crippen LogP contribution in [0.25, 0.3) is 21.5 Å². The molecular weight excluding hydrogens is 460 g/mol. The highest BCUT2D eigenvalue weighted by atomic mass is 16.5. The predicted molar refractivity (Wildman–Crippen MR) is 143 cm³/mol. The van der Waals surface area contributed by atoms with Crippen LogP contribution in [0.5, 0.6) is 34.5 Å². The van der Waals surface area contributed by atoms with Gasteiger partial charge in [0.2, 0.25) is 0 Å². The van der Waals surface area contributed by atoms with E-state index in [-0.39, 0.29) is 11.5 Å². The van der Waals surface area contributed by atoms with Crippen molar-refractivity contribution in [3.8, 4) is 34.5 Å². The molecule has 0 saturated heterocycles. The van der Waals surface area contributed by atoms with Crippen LogP contribution in [-0.4, -0.2) is 10.2 Å². The van der Waals surface area contributed by atoms with Crippen molar-refractivity contribution in [2.24, 2.45) is 0 Å². The van der Waals surface area contributed by atoms with Crippen LogP contribution in [-0.2, 0) is 5.41 Å². The number of benzene rings is 6. The molecule has 6 aromatic carbocycles. The van der Waals surface area contributed by atoms with Crippen LogP contribution in [0.2, 0.25) is 0 Å². The van der Waals surface area contributed by atoms with Crippen LogP contribution in [0.15, 0.2) is 109 Å². The van der Waals surface area contributed by atoms with Crippen molar-refractivity contribution < 1.29 is 19.7 Å². The van der Waals surface area contributed by atoms with Gasteiger partial charge in [0.25, 0.3) is 0 Å². The number of ether oxygens (including phenoxy) is 2. The molecule has 2 N–H and O–H groups in total. The number of phenolic OH excluding ortho intramolecular Hbond substituents is 2. The highest BCUT2D eigenvalue weighted by molar-refractivity contribution is 5.98. The van der Waals surface area contributed by atoms with Gasteiger partial charge in [-0.1, -0.05) is 84.9 Å². The number of hydrogen-bond acceptors (Lipinski definition) is 4. The van der Waals surface area contributed by atoms with Crippen molar-refractivity contribution >= 4 is 21.5 Å². The maximum absolute atomic E-state index is 12.0. The number of aromatic hydroxyl groups is 2. The fourth-order valence-electron chi connectivity index (χ4n) is 6.27. The summed E-state index contributed by atoms with van der Waals surface area (Å²) in [6.45, 7) is 0. The van der Waals surface area contributed by atoms with E-state index in [4.69, 9.17) is 9.47 Å². The van der Waals surface area contributed by atoms with Crippen molar-refractivity contribution in [2.75, 3.05) is 0 Å². The maximum atomic E-state index is 12.0. The van der Waals surface area contributed by atoms with E-state index in [1.54, 1.807) is 0 Å². The quantitative estimate of drug-likeness (QED) is 0.231. The number of phenols is 2. The third-order valence-corrected chi connectivity index (χ3v) is 7.74. The first-order chi connectivity index (χ1) is 18.2. The minimum atomic E-state index is -1.09. The molecule has 2 aliphatic rings. The van der Waals surface area contributed by atoms with Gasteiger partial charge in [0.1, 0.15) is 34.5 Å². The van der Waals surface area contributed by atoms with Crippen LogP contribution in [0.1, 0.15) is 22.3 Å². The van der Waals surface area contributed by atoms with Gasteiger partial charge in [0.05, 0.1) is 16.5 Å². The van der Waals surface area contributed by atoms with Crippen LogP contribution < -0.4 is 9.47 Å². The molecule has 0 radical (unpaired) electrons. The first-order valence-electron chi connectivity index (χ1n) is 12.2. The molecule has 1 spiro atoms. The monoisotopic (exact) mass is 480 g/mol. The molecule has 8 rings (SSSR count). The molecular formula is C33H20O4. The Bertz CT molecular complexity index is 1780. The average molecular weight is 481 g/mol. The van der Waals surface area contributed by atoms with Crippen LogP contribution >= 0.6 is 0 Å². The maximum Gasteiger partial charge on any atom is 0.136 e. The Morgan fingerprint density at radius 3 is 1.35 bits per heavy atom. The molecule has 0 unspecified atom stereocenters. The van der Waals surface area contributed by atoms with Crippen LogP contribution in [0, 0.1) is 0 Å². The molecule has 0 amide bonds. The lowest BCUT2D eigenvalue weighted by atomic mass is 9.61. The Morgan fingerprint density at radius 1 is 0.459 bits per heavy atom. The zero-order valence-electron chi connectivity index (χ0n) is 19.6. The second-order valence-corrected chi connectivity index (χ2v) is 9.59. The summed E-state index contributed by atoms with van der Waals surface area (Å²) in [5, 5.41) is 27.2. The van der Waals surface area contributed by atoms with Crippen molar-refractivity contribution in [2.45, 2.75) is 5.41 Å². The molecule has 4 nitrogen and oxygen atoms in total. The number of hydrogen-bond donors (Lipinski definition) is 2. The molecule has 4 heteroatoms. The van der Waals surface area contributed by atoms with Crippen molar-refractivity contribution in [3.63, 3.8) is 0 Å². The number of fused-ring (bicyclic) bond motifs is 10. The van der Waals surface area contributed by atoms with Crippen LogP contribution in [0.3, 0.4) is 0 Å². The van der Waals surface area contributed by atoms with Gasteiger partial charge in [-0.3, -0.25) is 0 Å². The summed E-state index contributed by atoms with van der Waals surface area (Å²) in [6, 6.07) is 35.1. The summed E-state index contributed by atoms with van der Waals surface area (Å²) >= 11 is 0. The summed E-state index contributed by atoms with van der Waals surface area (Å²) in [4.78, 5) is 0. The fourth-order valence-corrected chi connectivity index (χ4v) is 6.27. The summed E-state index contributed by atoms with van der Waals surface area (Å²) in [7, 11) is 0. The smallest absolute Gasteiger partial charge is 0.136 e. The van der Waals surface area contributed by atoms with Gasteiger partial charge in [-0.15, -0.1) is 0 Å². The van der Waals surface area contributed by atoms with E-state index in [1.165, 1.54) is 0 Å². The molecule has 37 heavy (non-hydrogen) atoms. The average Bonchev–Trinajstić information content (AvgIpc) is 2.93. The van der Waals surface area contributed by atoms with E-state index in [1.807, 2.05) is 109 Å². The highest BCUT2D eigenvalue weighted by Crippen LogP contribution is 2.66. The topological polar surface area (TPSA) is 58.9 Å². The Hall–Kier alpha value is -4.96. The Morgan fingerprint density at radius 2 is 0.865 bits per heavy atom. The summed E-state index contributed by atoms with van der Waals surface area (Å²) < 4.78 is 12.9. The van der Waals surface area contributed by atoms with E-state index in [2.05, 4.69) is 0 Å². The lowest BCUT2D eigenvalue weighted by molar-refractivity contribution is 0.373. The van der Waals surface area contributed by atoms with Crippen molar-refractivity contribution in [1.29, 1.82) is 0 Å². The molecule has 0 fully saturated rings. The third kappa shape index (κ3) is 2.47. The molecule has 0 aromatic heterocycles. The molecule has 0 bridgehead atoms. The minimum absolute atomic E-state index is 0.123. The zero-order valence-corrected chi connectivity index (χ0v) is 19.6. The Labute approximate surface area is 212 Å². The highest BCUT2D eigenvalue weighted by Gasteiger charge is 2.54. The molecule has 0 aliphatic carbocycles. The number of para-hydroxylation sites is 2. The Balaban J connectivity index is 1.65. The SMILES string of the molecule is Oc1c2c(cc3ccccc13)Oc1ccccc1C21c2ccccc2Oc2cc3ccccc3c(O)c21. The number of rotatable bonds is 0. The zero-order chi connectivity index (χ0) is 24.7. The molecule has 2 heterocycles. The fraction of sp³-hybridized carbons (Fsp3) is 0.0303. The van der Waals surface area contributed by atoms with Gasteiger partial charge >= 0.3 is 0 Å². The first kappa shape index (κ1) is 20.3. The normalized spacial score (nSPS) is 14.3. The van der Waals surface area contributed by atoms with Crippen molar-refractivity contribution in [1.82, 2.24) is 0 Å². The molecule has 2 aliphatic heterocycles. The summed E-state index contributed by atoms with van der Waals surface area (Å²) in [5.41, 5.74) is 1.75. The Kier molecular flexibility index (Phi) is 3.86. The second-order valence-electron chi connectivity index (χ2n) is 9.59. The molecule has 0 saturated carbocycles. The second kappa shape index (κ2) is 7.05. The third-order valence-electron chi connectivity index (χ3n) is 7.74. The summed E-state index contributed by atoms with van der Waals surface area (Å²) in [6.07, 6.45) is 0. The standard InChI is InChI=1S/C33H20O4/c34-31-21-11-3-1-9-19(21)17-27-29(31)33(23-13-5-7-15-25(23)36-27)24-14-6-8-16-26(24)37-28-18-20-10-2-4-12-22(20)32(35)30(28)33/h1-18,34-35H. The van der Waals surface area contributed by atoms with Gasteiger partial charge in [-0.2, -0.15) is 0 Å². The minimum Gasteiger partial charge on any atom is -0.507 e. The first-order valence-corrected chi connectivity index (χ1v) is 12.2. The van der Waals surface area contributed by atoms with E-state index in [9.17, 15) is 10.2 Å². The van der Waals surface area contributed by atoms with E-state index < -0.39 is 5.41 Å². The largest absolute Gasteiger partial charge is 0.507 e.